The molecule has 2 heteroatoms. The third kappa shape index (κ3) is 2.67. The standard InChI is InChI=1S/C8H19NO/c1-6(9)7(10-5)8(2,3)4/h6-7H,9H2,1-5H3/t6-,7?/m0/s1. The third-order valence-corrected chi connectivity index (χ3v) is 1.59. The molecule has 0 radical (unpaired) electrons. The van der Waals surface area contributed by atoms with Crippen molar-refractivity contribution in [2.24, 2.45) is 11.1 Å². The highest BCUT2D eigenvalue weighted by Crippen LogP contribution is 2.23. The molecule has 0 aromatic heterocycles. The van der Waals surface area contributed by atoms with Crippen LogP contribution in [0.4, 0.5) is 0 Å². The molecule has 0 spiro atoms. The first-order valence-electron chi connectivity index (χ1n) is 3.68. The molecule has 0 aliphatic heterocycles. The van der Waals surface area contributed by atoms with E-state index in [1.165, 1.54) is 0 Å². The Balaban J connectivity index is 4.07. The largest absolute Gasteiger partial charge is 0.379 e. The molecule has 0 saturated carbocycles. The quantitative estimate of drug-likeness (QED) is 0.637. The number of methoxy groups -OCH3 is 1. The topological polar surface area (TPSA) is 35.2 Å². The maximum absolute atomic E-state index is 5.71. The van der Waals surface area contributed by atoms with Gasteiger partial charge in [-0.05, 0) is 12.3 Å². The Hall–Kier alpha value is -0.0800. The molecule has 10 heavy (non-hydrogen) atoms. The molecule has 0 heterocycles. The summed E-state index contributed by atoms with van der Waals surface area (Å²) >= 11 is 0. The van der Waals surface area contributed by atoms with Crippen molar-refractivity contribution in [2.75, 3.05) is 7.11 Å². The van der Waals surface area contributed by atoms with Gasteiger partial charge in [-0.1, -0.05) is 20.8 Å². The van der Waals surface area contributed by atoms with Gasteiger partial charge in [-0.3, -0.25) is 0 Å². The van der Waals surface area contributed by atoms with Crippen LogP contribution in [0.15, 0.2) is 0 Å². The summed E-state index contributed by atoms with van der Waals surface area (Å²) in [6.45, 7) is 8.36. The van der Waals surface area contributed by atoms with Gasteiger partial charge in [0.2, 0.25) is 0 Å². The molecule has 62 valence electrons. The zero-order valence-electron chi connectivity index (χ0n) is 7.64. The summed E-state index contributed by atoms with van der Waals surface area (Å²) < 4.78 is 5.25. The van der Waals surface area contributed by atoms with Crippen LogP contribution >= 0.6 is 0 Å². The molecule has 0 bridgehead atoms. The van der Waals surface area contributed by atoms with E-state index < -0.39 is 0 Å². The fraction of sp³-hybridized carbons (Fsp3) is 1.00. The summed E-state index contributed by atoms with van der Waals surface area (Å²) in [6, 6.07) is 0.102. The zero-order chi connectivity index (χ0) is 8.36. The number of hydrogen-bond donors (Lipinski definition) is 1. The first-order chi connectivity index (χ1) is 4.39. The van der Waals surface area contributed by atoms with E-state index >= 15 is 0 Å². The summed E-state index contributed by atoms with van der Waals surface area (Å²) in [7, 11) is 1.71. The summed E-state index contributed by atoms with van der Waals surface area (Å²) in [5, 5.41) is 0. The molecule has 0 fully saturated rings. The predicted molar refractivity (Wildman–Crippen MR) is 43.9 cm³/mol. The van der Waals surface area contributed by atoms with Crippen LogP contribution in [0.3, 0.4) is 0 Å². The Bertz CT molecular complexity index is 93.9. The molecule has 0 rings (SSSR count). The summed E-state index contributed by atoms with van der Waals surface area (Å²) in [6.07, 6.45) is 0.146. The fourth-order valence-electron chi connectivity index (χ4n) is 1.36. The van der Waals surface area contributed by atoms with E-state index in [-0.39, 0.29) is 17.6 Å². The minimum atomic E-state index is 0.102. The average Bonchev–Trinajstić information content (AvgIpc) is 1.60. The molecule has 0 amide bonds. The lowest BCUT2D eigenvalue weighted by atomic mass is 9.85. The molecule has 2 N–H and O–H groups in total. The molecular formula is C8H19NO. The van der Waals surface area contributed by atoms with Crippen molar-refractivity contribution in [3.05, 3.63) is 0 Å². The lowest BCUT2D eigenvalue weighted by molar-refractivity contribution is 0.00233. The van der Waals surface area contributed by atoms with Crippen molar-refractivity contribution in [3.63, 3.8) is 0 Å². The van der Waals surface area contributed by atoms with Gasteiger partial charge in [0.05, 0.1) is 6.10 Å². The lowest BCUT2D eigenvalue weighted by Gasteiger charge is -2.32. The Morgan fingerprint density at radius 2 is 1.70 bits per heavy atom. The Kier molecular flexibility index (Phi) is 3.33. The van der Waals surface area contributed by atoms with E-state index in [1.807, 2.05) is 6.92 Å². The van der Waals surface area contributed by atoms with Crippen molar-refractivity contribution in [3.8, 4) is 0 Å². The van der Waals surface area contributed by atoms with Gasteiger partial charge in [-0.25, -0.2) is 0 Å². The highest BCUT2D eigenvalue weighted by molar-refractivity contribution is 4.80. The molecular weight excluding hydrogens is 126 g/mol. The normalized spacial score (nSPS) is 18.6. The Morgan fingerprint density at radius 3 is 1.70 bits per heavy atom. The van der Waals surface area contributed by atoms with Crippen molar-refractivity contribution in [2.45, 2.75) is 39.8 Å². The Labute approximate surface area is 63.7 Å². The molecule has 1 unspecified atom stereocenters. The van der Waals surface area contributed by atoms with E-state index in [9.17, 15) is 0 Å². The Morgan fingerprint density at radius 1 is 1.30 bits per heavy atom. The second kappa shape index (κ2) is 3.35. The van der Waals surface area contributed by atoms with E-state index in [0.29, 0.717) is 0 Å². The van der Waals surface area contributed by atoms with Crippen LogP contribution in [-0.2, 0) is 4.74 Å². The van der Waals surface area contributed by atoms with Gasteiger partial charge in [0, 0.05) is 13.2 Å². The maximum Gasteiger partial charge on any atom is 0.0767 e. The maximum atomic E-state index is 5.71. The van der Waals surface area contributed by atoms with Crippen LogP contribution < -0.4 is 5.73 Å². The van der Waals surface area contributed by atoms with Crippen LogP contribution in [0, 0.1) is 5.41 Å². The first-order valence-corrected chi connectivity index (χ1v) is 3.68. The molecule has 0 aliphatic rings. The van der Waals surface area contributed by atoms with Gasteiger partial charge >= 0.3 is 0 Å². The third-order valence-electron chi connectivity index (χ3n) is 1.59. The van der Waals surface area contributed by atoms with Crippen LogP contribution in [0.5, 0.6) is 0 Å². The predicted octanol–water partition coefficient (Wildman–Crippen LogP) is 1.39. The molecule has 2 atom stereocenters. The fourth-order valence-corrected chi connectivity index (χ4v) is 1.36. The van der Waals surface area contributed by atoms with E-state index in [0.717, 1.165) is 0 Å². The van der Waals surface area contributed by atoms with E-state index in [4.69, 9.17) is 10.5 Å². The van der Waals surface area contributed by atoms with Gasteiger partial charge in [0.1, 0.15) is 0 Å². The van der Waals surface area contributed by atoms with Gasteiger partial charge < -0.3 is 10.5 Å². The highest BCUT2D eigenvalue weighted by atomic mass is 16.5. The number of hydrogen-bond acceptors (Lipinski definition) is 2. The molecule has 0 saturated heterocycles. The number of nitrogens with two attached hydrogens (primary N) is 1. The van der Waals surface area contributed by atoms with Crippen LogP contribution in [0.1, 0.15) is 27.7 Å². The van der Waals surface area contributed by atoms with Gasteiger partial charge in [-0.2, -0.15) is 0 Å². The minimum Gasteiger partial charge on any atom is -0.379 e. The first kappa shape index (κ1) is 9.92. The van der Waals surface area contributed by atoms with Gasteiger partial charge in [-0.15, -0.1) is 0 Å². The minimum absolute atomic E-state index is 0.102. The van der Waals surface area contributed by atoms with Gasteiger partial charge in [0.15, 0.2) is 0 Å². The number of ether oxygens (including phenoxy) is 1. The molecule has 0 aromatic rings. The van der Waals surface area contributed by atoms with E-state index in [2.05, 4.69) is 20.8 Å². The second-order valence-corrected chi connectivity index (χ2v) is 3.88. The van der Waals surface area contributed by atoms with Crippen LogP contribution in [0.25, 0.3) is 0 Å². The van der Waals surface area contributed by atoms with Crippen molar-refractivity contribution >= 4 is 0 Å². The molecule has 0 aromatic carbocycles. The van der Waals surface area contributed by atoms with Crippen molar-refractivity contribution in [1.29, 1.82) is 0 Å². The van der Waals surface area contributed by atoms with Crippen LogP contribution in [0.2, 0.25) is 0 Å². The number of rotatable bonds is 2. The van der Waals surface area contributed by atoms with Crippen molar-refractivity contribution in [1.82, 2.24) is 0 Å². The lowest BCUT2D eigenvalue weighted by Crippen LogP contribution is -2.42. The SMILES string of the molecule is COC([C@H](C)N)C(C)(C)C. The summed E-state index contributed by atoms with van der Waals surface area (Å²) in [5.74, 6) is 0. The van der Waals surface area contributed by atoms with Crippen molar-refractivity contribution < 1.29 is 4.74 Å². The monoisotopic (exact) mass is 145 g/mol. The zero-order valence-corrected chi connectivity index (χ0v) is 7.64. The summed E-state index contributed by atoms with van der Waals surface area (Å²) in [5.41, 5.74) is 5.85. The molecule has 2 nitrogen and oxygen atoms in total. The second-order valence-electron chi connectivity index (χ2n) is 3.88. The summed E-state index contributed by atoms with van der Waals surface area (Å²) in [4.78, 5) is 0. The smallest absolute Gasteiger partial charge is 0.0767 e. The average molecular weight is 145 g/mol. The van der Waals surface area contributed by atoms with E-state index in [1.54, 1.807) is 7.11 Å². The molecule has 0 aliphatic carbocycles. The van der Waals surface area contributed by atoms with Crippen LogP contribution in [-0.4, -0.2) is 19.3 Å². The highest BCUT2D eigenvalue weighted by Gasteiger charge is 2.27. The van der Waals surface area contributed by atoms with Gasteiger partial charge in [0.25, 0.3) is 0 Å².